The van der Waals surface area contributed by atoms with E-state index in [1.165, 1.54) is 4.68 Å². The molecule has 0 spiro atoms. The lowest BCUT2D eigenvalue weighted by Crippen LogP contribution is -2.34. The molecule has 0 aliphatic rings. The second-order valence-corrected chi connectivity index (χ2v) is 3.06. The van der Waals surface area contributed by atoms with E-state index in [4.69, 9.17) is 5.73 Å². The zero-order valence-electron chi connectivity index (χ0n) is 6.36. The molecule has 1 rings (SSSR count). The molecule has 0 bridgehead atoms. The van der Waals surface area contributed by atoms with E-state index in [2.05, 4.69) is 9.79 Å². The van der Waals surface area contributed by atoms with Crippen LogP contribution >= 0.6 is 11.8 Å². The number of aryl methyl sites for hydroxylation is 1. The van der Waals surface area contributed by atoms with Crippen molar-refractivity contribution in [3.63, 3.8) is 0 Å². The van der Waals surface area contributed by atoms with Crippen LogP contribution in [-0.2, 0) is 11.8 Å². The van der Waals surface area contributed by atoms with Gasteiger partial charge in [0.15, 0.2) is 7.05 Å². The summed E-state index contributed by atoms with van der Waals surface area (Å²) < 4.78 is 5.82. The molecule has 0 aromatic carbocycles. The van der Waals surface area contributed by atoms with Crippen LogP contribution in [0, 0.1) is 0 Å². The molecule has 0 saturated carbocycles. The van der Waals surface area contributed by atoms with Gasteiger partial charge in [-0.15, -0.1) is 0 Å². The number of nitrogens with one attached hydrogen (secondary N) is 1. The van der Waals surface area contributed by atoms with Crippen molar-refractivity contribution in [2.75, 3.05) is 5.75 Å². The lowest BCUT2D eigenvalue weighted by Gasteiger charge is -1.86. The molecule has 1 aromatic rings. The van der Waals surface area contributed by atoms with Crippen LogP contribution in [0.5, 0.6) is 0 Å². The predicted octanol–water partition coefficient (Wildman–Crippen LogP) is -1.63. The number of carbonyl (C=O) groups excluding carboxylic acids is 1. The molecular formula is C5H8N3O3S+. The standard InChI is InChI=1S/C5H7N3O3S/c1-8-4(5(10)11-7-8)12-2-3(6)9/h2H2,1H3,(H2-,6,7,9,10)/p+1. The van der Waals surface area contributed by atoms with Gasteiger partial charge in [0.1, 0.15) is 0 Å². The molecule has 0 radical (unpaired) electrons. The van der Waals surface area contributed by atoms with Gasteiger partial charge in [0.2, 0.25) is 5.91 Å². The van der Waals surface area contributed by atoms with E-state index >= 15 is 0 Å². The van der Waals surface area contributed by atoms with Crippen molar-refractivity contribution in [2.45, 2.75) is 5.03 Å². The number of rotatable bonds is 3. The van der Waals surface area contributed by atoms with Gasteiger partial charge in [-0.05, 0) is 17.0 Å². The molecule has 3 N–H and O–H groups in total. The van der Waals surface area contributed by atoms with Crippen LogP contribution in [0.2, 0.25) is 0 Å². The minimum absolute atomic E-state index is 0.0659. The van der Waals surface area contributed by atoms with Crippen molar-refractivity contribution in [3.05, 3.63) is 10.4 Å². The SMILES string of the molecule is C[n+]1[nH]oc(=O)c1SCC(N)=O. The maximum atomic E-state index is 10.9. The Labute approximate surface area is 71.7 Å². The Morgan fingerprint density at radius 1 is 1.83 bits per heavy atom. The Bertz CT molecular complexity index is 342. The van der Waals surface area contributed by atoms with Gasteiger partial charge >= 0.3 is 10.7 Å². The first kappa shape index (κ1) is 8.85. The Morgan fingerprint density at radius 2 is 2.50 bits per heavy atom. The van der Waals surface area contributed by atoms with Crippen LogP contribution in [0.3, 0.4) is 0 Å². The highest BCUT2D eigenvalue weighted by Gasteiger charge is 2.18. The first-order chi connectivity index (χ1) is 5.61. The van der Waals surface area contributed by atoms with Crippen molar-refractivity contribution >= 4 is 17.7 Å². The number of H-pyrrole nitrogens is 1. The summed E-state index contributed by atoms with van der Waals surface area (Å²) in [5.41, 5.74) is 4.40. The average Bonchev–Trinajstić information content (AvgIpc) is 2.28. The monoisotopic (exact) mass is 190 g/mol. The molecule has 0 fully saturated rings. The van der Waals surface area contributed by atoms with Gasteiger partial charge in [0, 0.05) is 0 Å². The van der Waals surface area contributed by atoms with Gasteiger partial charge in [-0.3, -0.25) is 9.32 Å². The summed E-state index contributed by atoms with van der Waals surface area (Å²) in [5.74, 6) is -0.406. The molecule has 1 amide bonds. The largest absolute Gasteiger partial charge is 0.441 e. The summed E-state index contributed by atoms with van der Waals surface area (Å²) in [6, 6.07) is 0. The molecule has 12 heavy (non-hydrogen) atoms. The first-order valence-corrected chi connectivity index (χ1v) is 4.08. The summed E-state index contributed by atoms with van der Waals surface area (Å²) in [6.45, 7) is 0. The molecular weight excluding hydrogens is 182 g/mol. The number of nitrogens with zero attached hydrogens (tertiary/aromatic N) is 1. The Hall–Kier alpha value is -1.24. The van der Waals surface area contributed by atoms with Crippen LogP contribution in [0.15, 0.2) is 14.3 Å². The van der Waals surface area contributed by atoms with E-state index in [-0.39, 0.29) is 5.75 Å². The number of nitrogens with two attached hydrogens (primary N) is 1. The highest BCUT2D eigenvalue weighted by molar-refractivity contribution is 7.99. The fourth-order valence-corrected chi connectivity index (χ4v) is 1.30. The fourth-order valence-electron chi connectivity index (χ4n) is 0.627. The summed E-state index contributed by atoms with van der Waals surface area (Å²) in [4.78, 5) is 21.2. The maximum absolute atomic E-state index is 10.9. The Morgan fingerprint density at radius 3 is 2.92 bits per heavy atom. The molecule has 1 heterocycles. The third-order valence-corrected chi connectivity index (χ3v) is 2.25. The number of aromatic amines is 1. The first-order valence-electron chi connectivity index (χ1n) is 3.10. The number of amides is 1. The summed E-state index contributed by atoms with van der Waals surface area (Å²) in [7, 11) is 1.61. The normalized spacial score (nSPS) is 10.1. The van der Waals surface area contributed by atoms with E-state index < -0.39 is 11.5 Å². The molecule has 6 nitrogen and oxygen atoms in total. The maximum Gasteiger partial charge on any atom is 0.441 e. The van der Waals surface area contributed by atoms with Crippen LogP contribution < -0.4 is 16.0 Å². The van der Waals surface area contributed by atoms with Crippen molar-refractivity contribution in [3.8, 4) is 0 Å². The van der Waals surface area contributed by atoms with Gasteiger partial charge in [-0.2, -0.15) is 0 Å². The van der Waals surface area contributed by atoms with Gasteiger partial charge in [-0.25, -0.2) is 4.79 Å². The van der Waals surface area contributed by atoms with Crippen LogP contribution in [0.1, 0.15) is 0 Å². The van der Waals surface area contributed by atoms with Gasteiger partial charge in [0.05, 0.1) is 5.75 Å². The van der Waals surface area contributed by atoms with E-state index in [0.29, 0.717) is 5.03 Å². The molecule has 0 atom stereocenters. The number of carbonyl (C=O) groups is 1. The minimum atomic E-state index is -0.497. The van der Waals surface area contributed by atoms with Gasteiger partial charge in [-0.1, -0.05) is 4.68 Å². The number of thioether (sulfide) groups is 1. The fraction of sp³-hybridized carbons (Fsp3) is 0.400. The van der Waals surface area contributed by atoms with E-state index in [1.54, 1.807) is 7.05 Å². The van der Waals surface area contributed by atoms with Crippen molar-refractivity contribution in [2.24, 2.45) is 12.8 Å². The highest BCUT2D eigenvalue weighted by atomic mass is 32.2. The molecule has 66 valence electrons. The summed E-state index contributed by atoms with van der Waals surface area (Å²) in [6.07, 6.45) is 0. The third-order valence-electron chi connectivity index (χ3n) is 1.11. The van der Waals surface area contributed by atoms with Crippen LogP contribution in [0.25, 0.3) is 0 Å². The van der Waals surface area contributed by atoms with Crippen LogP contribution in [-0.4, -0.2) is 16.9 Å². The van der Waals surface area contributed by atoms with Gasteiger partial charge in [0.25, 0.3) is 0 Å². The number of hydrogen-bond acceptors (Lipinski definition) is 4. The molecule has 0 aliphatic heterocycles. The Kier molecular flexibility index (Phi) is 2.54. The smallest absolute Gasteiger partial charge is 0.369 e. The topological polar surface area (TPSA) is 93.0 Å². The molecule has 0 unspecified atom stereocenters. The lowest BCUT2D eigenvalue weighted by atomic mass is 10.8. The molecule has 1 aromatic heterocycles. The molecule has 7 heteroatoms. The van der Waals surface area contributed by atoms with Crippen molar-refractivity contribution < 1.29 is 14.0 Å². The van der Waals surface area contributed by atoms with Crippen molar-refractivity contribution in [1.29, 1.82) is 0 Å². The predicted molar refractivity (Wildman–Crippen MR) is 40.4 cm³/mol. The molecule has 0 saturated heterocycles. The third kappa shape index (κ3) is 1.88. The highest BCUT2D eigenvalue weighted by Crippen LogP contribution is 2.05. The van der Waals surface area contributed by atoms with Gasteiger partial charge < -0.3 is 5.73 Å². The quantitative estimate of drug-likeness (QED) is 0.442. The van der Waals surface area contributed by atoms with Crippen molar-refractivity contribution in [1.82, 2.24) is 5.27 Å². The summed E-state index contributed by atoms with van der Waals surface area (Å²) in [5, 5.41) is 2.64. The second-order valence-electron chi connectivity index (χ2n) is 2.10. The lowest BCUT2D eigenvalue weighted by molar-refractivity contribution is -0.772. The zero-order valence-corrected chi connectivity index (χ0v) is 7.18. The van der Waals surface area contributed by atoms with Crippen LogP contribution in [0.4, 0.5) is 0 Å². The number of aromatic nitrogens is 2. The zero-order chi connectivity index (χ0) is 9.14. The number of hydrogen-bond donors (Lipinski definition) is 2. The van der Waals surface area contributed by atoms with E-state index in [1.807, 2.05) is 0 Å². The van der Waals surface area contributed by atoms with E-state index in [9.17, 15) is 9.59 Å². The number of primary amides is 1. The average molecular weight is 190 g/mol. The second kappa shape index (κ2) is 3.44. The molecule has 0 aliphatic carbocycles. The summed E-state index contributed by atoms with van der Waals surface area (Å²) >= 11 is 1.04. The minimum Gasteiger partial charge on any atom is -0.369 e. The van der Waals surface area contributed by atoms with E-state index in [0.717, 1.165) is 11.8 Å². The Balaban J connectivity index is 2.75.